The van der Waals surface area contributed by atoms with E-state index in [1.165, 1.54) is 17.5 Å². The number of piperazine rings is 2. The van der Waals surface area contributed by atoms with Crippen molar-refractivity contribution in [1.29, 1.82) is 0 Å². The van der Waals surface area contributed by atoms with Gasteiger partial charge in [0.25, 0.3) is 5.91 Å². The molecule has 0 radical (unpaired) electrons. The van der Waals surface area contributed by atoms with E-state index in [2.05, 4.69) is 16.7 Å². The molecule has 0 unspecified atom stereocenters. The Morgan fingerprint density at radius 3 is 2.29 bits per heavy atom. The van der Waals surface area contributed by atoms with Crippen LogP contribution in [-0.2, 0) is 4.79 Å². The van der Waals surface area contributed by atoms with Crippen molar-refractivity contribution in [3.05, 3.63) is 52.9 Å². The highest BCUT2D eigenvalue weighted by atomic mass is 35.5. The Morgan fingerprint density at radius 2 is 1.65 bits per heavy atom. The van der Waals surface area contributed by atoms with E-state index >= 15 is 0 Å². The Balaban J connectivity index is 1.28. The summed E-state index contributed by atoms with van der Waals surface area (Å²) in [5.41, 5.74) is 2.38. The number of hydrogen-bond acceptors (Lipinski definition) is 5. The van der Waals surface area contributed by atoms with E-state index < -0.39 is 0 Å². The molecule has 166 valence electrons. The van der Waals surface area contributed by atoms with Gasteiger partial charge in [-0.2, -0.15) is 0 Å². The molecule has 2 aliphatic heterocycles. The first-order chi connectivity index (χ1) is 14.9. The molecule has 1 aromatic carbocycles. The number of rotatable bonds is 4. The summed E-state index contributed by atoms with van der Waals surface area (Å²) in [5.74, 6) is 0.371. The molecule has 0 saturated carbocycles. The van der Waals surface area contributed by atoms with Crippen LogP contribution in [-0.4, -0.2) is 84.9 Å². The molecule has 0 spiro atoms. The Bertz CT molecular complexity index is 917. The first kappa shape index (κ1) is 21.7. The van der Waals surface area contributed by atoms with Gasteiger partial charge in [-0.3, -0.25) is 14.5 Å². The van der Waals surface area contributed by atoms with Gasteiger partial charge in [-0.05, 0) is 43.7 Å². The Hall–Kier alpha value is -2.51. The van der Waals surface area contributed by atoms with Gasteiger partial charge in [0.2, 0.25) is 5.91 Å². The number of aryl methyl sites for hydroxylation is 1. The molecule has 0 aliphatic carbocycles. The third kappa shape index (κ3) is 4.72. The van der Waals surface area contributed by atoms with Crippen LogP contribution in [0.5, 0.6) is 0 Å². The SMILES string of the molecule is Cc1ccc(Cl)cc1N1CCN([C@@H](C)C(=O)N2CCN(C(=O)c3ccco3)CC2)CC1. The van der Waals surface area contributed by atoms with E-state index in [-0.39, 0.29) is 17.9 Å². The molecule has 2 aliphatic rings. The smallest absolute Gasteiger partial charge is 0.289 e. The maximum absolute atomic E-state index is 13.1. The van der Waals surface area contributed by atoms with Gasteiger partial charge >= 0.3 is 0 Å². The maximum atomic E-state index is 13.1. The summed E-state index contributed by atoms with van der Waals surface area (Å²) in [6.45, 7) is 9.64. The first-order valence-corrected chi connectivity index (χ1v) is 11.2. The number of carbonyl (C=O) groups excluding carboxylic acids is 2. The summed E-state index contributed by atoms with van der Waals surface area (Å²) in [7, 11) is 0. The van der Waals surface area contributed by atoms with E-state index in [9.17, 15) is 9.59 Å². The van der Waals surface area contributed by atoms with Crippen molar-refractivity contribution in [1.82, 2.24) is 14.7 Å². The third-order valence-electron chi connectivity index (χ3n) is 6.34. The predicted octanol–water partition coefficient (Wildman–Crippen LogP) is 2.74. The molecule has 2 saturated heterocycles. The molecule has 2 amide bonds. The standard InChI is InChI=1S/C23H29ClN4O3/c1-17-5-6-19(24)16-20(17)26-9-7-25(8-10-26)18(2)22(29)27-11-13-28(14-12-27)23(30)21-4-3-15-31-21/h3-6,15-16,18H,7-14H2,1-2H3/t18-/m0/s1. The first-order valence-electron chi connectivity index (χ1n) is 10.8. The van der Waals surface area contributed by atoms with E-state index in [1.54, 1.807) is 17.0 Å². The molecular formula is C23H29ClN4O3. The van der Waals surface area contributed by atoms with Gasteiger partial charge in [-0.1, -0.05) is 17.7 Å². The van der Waals surface area contributed by atoms with Gasteiger partial charge in [-0.15, -0.1) is 0 Å². The lowest BCUT2D eigenvalue weighted by Gasteiger charge is -2.41. The van der Waals surface area contributed by atoms with Gasteiger partial charge in [0, 0.05) is 63.1 Å². The number of carbonyl (C=O) groups is 2. The van der Waals surface area contributed by atoms with Crippen molar-refractivity contribution >= 4 is 29.1 Å². The minimum Gasteiger partial charge on any atom is -0.459 e. The summed E-state index contributed by atoms with van der Waals surface area (Å²) < 4.78 is 5.21. The van der Waals surface area contributed by atoms with Crippen LogP contribution in [0.1, 0.15) is 23.0 Å². The average Bonchev–Trinajstić information content (AvgIpc) is 3.34. The fourth-order valence-electron chi connectivity index (χ4n) is 4.38. The third-order valence-corrected chi connectivity index (χ3v) is 6.58. The fourth-order valence-corrected chi connectivity index (χ4v) is 4.55. The van der Waals surface area contributed by atoms with Crippen molar-refractivity contribution in [3.63, 3.8) is 0 Å². The molecule has 4 rings (SSSR count). The number of halogens is 1. The number of amides is 2. The summed E-state index contributed by atoms with van der Waals surface area (Å²) in [6.07, 6.45) is 1.50. The van der Waals surface area contributed by atoms with E-state index in [4.69, 9.17) is 16.0 Å². The summed E-state index contributed by atoms with van der Waals surface area (Å²) in [5, 5.41) is 0.747. The zero-order chi connectivity index (χ0) is 22.0. The minimum absolute atomic E-state index is 0.113. The molecule has 2 fully saturated rings. The lowest BCUT2D eigenvalue weighted by molar-refractivity contribution is -0.138. The highest BCUT2D eigenvalue weighted by Gasteiger charge is 2.32. The van der Waals surface area contributed by atoms with Crippen LogP contribution in [0.4, 0.5) is 5.69 Å². The van der Waals surface area contributed by atoms with Crippen LogP contribution in [0.3, 0.4) is 0 Å². The van der Waals surface area contributed by atoms with Crippen molar-refractivity contribution < 1.29 is 14.0 Å². The summed E-state index contributed by atoms with van der Waals surface area (Å²) in [4.78, 5) is 33.7. The topological polar surface area (TPSA) is 60.2 Å². The number of furan rings is 1. The van der Waals surface area contributed by atoms with Crippen molar-refractivity contribution in [2.24, 2.45) is 0 Å². The van der Waals surface area contributed by atoms with Gasteiger partial charge in [0.05, 0.1) is 12.3 Å². The number of benzene rings is 1. The van der Waals surface area contributed by atoms with Crippen molar-refractivity contribution in [2.45, 2.75) is 19.9 Å². The second-order valence-corrected chi connectivity index (χ2v) is 8.66. The molecule has 2 aromatic rings. The highest BCUT2D eigenvalue weighted by Crippen LogP contribution is 2.26. The Labute approximate surface area is 188 Å². The fraction of sp³-hybridized carbons (Fsp3) is 0.478. The number of anilines is 1. The zero-order valence-electron chi connectivity index (χ0n) is 18.1. The monoisotopic (exact) mass is 444 g/mol. The minimum atomic E-state index is -0.171. The van der Waals surface area contributed by atoms with Gasteiger partial charge < -0.3 is 19.1 Å². The van der Waals surface area contributed by atoms with Gasteiger partial charge in [0.15, 0.2) is 5.76 Å². The highest BCUT2D eigenvalue weighted by molar-refractivity contribution is 6.30. The van der Waals surface area contributed by atoms with Gasteiger partial charge in [-0.25, -0.2) is 0 Å². The molecule has 1 aromatic heterocycles. The maximum Gasteiger partial charge on any atom is 0.289 e. The van der Waals surface area contributed by atoms with Crippen molar-refractivity contribution in [2.75, 3.05) is 57.3 Å². The van der Waals surface area contributed by atoms with Crippen LogP contribution in [0.25, 0.3) is 0 Å². The second-order valence-electron chi connectivity index (χ2n) is 8.22. The predicted molar refractivity (Wildman–Crippen MR) is 121 cm³/mol. The molecule has 7 nitrogen and oxygen atoms in total. The van der Waals surface area contributed by atoms with Crippen LogP contribution in [0, 0.1) is 6.92 Å². The lowest BCUT2D eigenvalue weighted by atomic mass is 10.1. The van der Waals surface area contributed by atoms with E-state index in [0.29, 0.717) is 31.9 Å². The van der Waals surface area contributed by atoms with Gasteiger partial charge in [0.1, 0.15) is 0 Å². The Kier molecular flexibility index (Phi) is 6.53. The van der Waals surface area contributed by atoms with Crippen LogP contribution in [0.2, 0.25) is 5.02 Å². The lowest BCUT2D eigenvalue weighted by Crippen LogP contribution is -2.58. The zero-order valence-corrected chi connectivity index (χ0v) is 18.8. The Morgan fingerprint density at radius 1 is 0.968 bits per heavy atom. The van der Waals surface area contributed by atoms with Crippen molar-refractivity contribution in [3.8, 4) is 0 Å². The van der Waals surface area contributed by atoms with Crippen LogP contribution >= 0.6 is 11.6 Å². The molecule has 0 N–H and O–H groups in total. The summed E-state index contributed by atoms with van der Waals surface area (Å²) >= 11 is 6.18. The molecule has 1 atom stereocenters. The average molecular weight is 445 g/mol. The quantitative estimate of drug-likeness (QED) is 0.725. The molecule has 31 heavy (non-hydrogen) atoms. The molecular weight excluding hydrogens is 416 g/mol. The normalized spacial score (nSPS) is 18.9. The molecule has 3 heterocycles. The van der Waals surface area contributed by atoms with E-state index in [0.717, 1.165) is 31.2 Å². The van der Waals surface area contributed by atoms with E-state index in [1.807, 2.05) is 30.0 Å². The van der Waals surface area contributed by atoms with Crippen LogP contribution < -0.4 is 4.90 Å². The number of nitrogens with zero attached hydrogens (tertiary/aromatic N) is 4. The second kappa shape index (κ2) is 9.32. The molecule has 0 bridgehead atoms. The number of hydrogen-bond donors (Lipinski definition) is 0. The molecule has 8 heteroatoms. The van der Waals surface area contributed by atoms with Crippen LogP contribution in [0.15, 0.2) is 41.0 Å². The largest absolute Gasteiger partial charge is 0.459 e. The summed E-state index contributed by atoms with van der Waals surface area (Å²) in [6, 6.07) is 9.19.